The molecule has 120 valence electrons. The van der Waals surface area contributed by atoms with Crippen LogP contribution in [0.25, 0.3) is 0 Å². The highest BCUT2D eigenvalue weighted by Gasteiger charge is 2.26. The molecule has 1 atom stereocenters. The molecule has 0 radical (unpaired) electrons. The van der Waals surface area contributed by atoms with Gasteiger partial charge in [0.15, 0.2) is 0 Å². The molecular formula is C15H27N3O3. The number of piperidine rings is 1. The van der Waals surface area contributed by atoms with Crippen LogP contribution in [0.2, 0.25) is 0 Å². The number of carbonyl (C=O) groups excluding carboxylic acids is 1. The molecule has 21 heavy (non-hydrogen) atoms. The summed E-state index contributed by atoms with van der Waals surface area (Å²) in [7, 11) is 0. The SMILES string of the molecule is CC1CCCCN1C(=O)CN1CCN(CCC(=O)O)CC1. The first-order valence-corrected chi connectivity index (χ1v) is 8.02. The summed E-state index contributed by atoms with van der Waals surface area (Å²) in [6, 6.07) is 0.378. The number of carboxylic acids is 1. The summed E-state index contributed by atoms with van der Waals surface area (Å²) in [5.74, 6) is -0.493. The zero-order chi connectivity index (χ0) is 15.2. The third kappa shape index (κ3) is 4.97. The topological polar surface area (TPSA) is 64.1 Å². The minimum absolute atomic E-state index is 0.199. The van der Waals surface area contributed by atoms with Gasteiger partial charge in [-0.25, -0.2) is 0 Å². The number of likely N-dealkylation sites (tertiary alicyclic amines) is 1. The molecule has 2 fully saturated rings. The summed E-state index contributed by atoms with van der Waals surface area (Å²) in [5, 5.41) is 8.70. The Bertz CT molecular complexity index is 367. The molecule has 0 aliphatic carbocycles. The fourth-order valence-electron chi connectivity index (χ4n) is 3.18. The first-order chi connectivity index (χ1) is 10.1. The summed E-state index contributed by atoms with van der Waals surface area (Å²) in [6.07, 6.45) is 3.67. The molecule has 0 spiro atoms. The molecule has 0 aromatic rings. The van der Waals surface area contributed by atoms with Gasteiger partial charge >= 0.3 is 5.97 Å². The van der Waals surface area contributed by atoms with Gasteiger partial charge < -0.3 is 14.9 Å². The van der Waals surface area contributed by atoms with Gasteiger partial charge in [0.05, 0.1) is 13.0 Å². The summed E-state index contributed by atoms with van der Waals surface area (Å²) in [4.78, 5) is 29.3. The Balaban J connectivity index is 1.70. The van der Waals surface area contributed by atoms with Crippen LogP contribution >= 0.6 is 0 Å². The minimum Gasteiger partial charge on any atom is -0.481 e. The molecule has 1 amide bonds. The average Bonchev–Trinajstić information content (AvgIpc) is 2.47. The second kappa shape index (κ2) is 7.75. The van der Waals surface area contributed by atoms with E-state index in [0.717, 1.165) is 45.6 Å². The monoisotopic (exact) mass is 297 g/mol. The predicted octanol–water partition coefficient (Wildman–Crippen LogP) is 0.480. The normalized spacial score (nSPS) is 25.0. The van der Waals surface area contributed by atoms with Gasteiger partial charge in [-0.2, -0.15) is 0 Å². The number of carbonyl (C=O) groups is 2. The lowest BCUT2D eigenvalue weighted by atomic mass is 10.0. The lowest BCUT2D eigenvalue weighted by Gasteiger charge is -2.38. The van der Waals surface area contributed by atoms with Crippen molar-refractivity contribution in [1.29, 1.82) is 0 Å². The van der Waals surface area contributed by atoms with E-state index in [1.807, 2.05) is 4.90 Å². The van der Waals surface area contributed by atoms with Gasteiger partial charge in [-0.3, -0.25) is 14.5 Å². The fraction of sp³-hybridized carbons (Fsp3) is 0.867. The van der Waals surface area contributed by atoms with E-state index in [2.05, 4.69) is 16.7 Å². The molecule has 6 nitrogen and oxygen atoms in total. The Morgan fingerprint density at radius 3 is 2.33 bits per heavy atom. The van der Waals surface area contributed by atoms with Crippen molar-refractivity contribution in [2.75, 3.05) is 45.8 Å². The number of nitrogens with zero attached hydrogens (tertiary/aromatic N) is 3. The highest BCUT2D eigenvalue weighted by Crippen LogP contribution is 2.16. The Morgan fingerprint density at radius 2 is 1.71 bits per heavy atom. The molecule has 2 rings (SSSR count). The number of aliphatic carboxylic acids is 1. The molecule has 0 aromatic carbocycles. The van der Waals surface area contributed by atoms with Gasteiger partial charge in [0.1, 0.15) is 0 Å². The molecule has 2 aliphatic heterocycles. The zero-order valence-corrected chi connectivity index (χ0v) is 13.0. The Labute approximate surface area is 126 Å². The molecule has 2 aliphatic rings. The van der Waals surface area contributed by atoms with Crippen molar-refractivity contribution in [3.63, 3.8) is 0 Å². The first-order valence-electron chi connectivity index (χ1n) is 8.02. The Hall–Kier alpha value is -1.14. The van der Waals surface area contributed by atoms with Crippen LogP contribution in [0.5, 0.6) is 0 Å². The lowest BCUT2D eigenvalue weighted by molar-refractivity contribution is -0.137. The van der Waals surface area contributed by atoms with Crippen LogP contribution in [0, 0.1) is 0 Å². The van der Waals surface area contributed by atoms with Crippen LogP contribution in [0.4, 0.5) is 0 Å². The number of hydrogen-bond donors (Lipinski definition) is 1. The fourth-order valence-corrected chi connectivity index (χ4v) is 3.18. The van der Waals surface area contributed by atoms with Crippen LogP contribution in [0.15, 0.2) is 0 Å². The van der Waals surface area contributed by atoms with Gasteiger partial charge in [0.25, 0.3) is 0 Å². The van der Waals surface area contributed by atoms with Crippen molar-refractivity contribution in [3.8, 4) is 0 Å². The second-order valence-corrected chi connectivity index (χ2v) is 6.19. The van der Waals surface area contributed by atoms with E-state index in [9.17, 15) is 9.59 Å². The van der Waals surface area contributed by atoms with E-state index in [1.165, 1.54) is 6.42 Å². The summed E-state index contributed by atoms with van der Waals surface area (Å²) in [5.41, 5.74) is 0. The van der Waals surface area contributed by atoms with Gasteiger partial charge in [-0.15, -0.1) is 0 Å². The standard InChI is InChI=1S/C15H27N3O3/c1-13-4-2-3-6-18(13)14(19)12-17-10-8-16(9-11-17)7-5-15(20)21/h13H,2-12H2,1H3,(H,20,21). The summed E-state index contributed by atoms with van der Waals surface area (Å²) >= 11 is 0. The maximum atomic E-state index is 12.4. The van der Waals surface area contributed by atoms with E-state index < -0.39 is 5.97 Å². The van der Waals surface area contributed by atoms with Crippen LogP contribution < -0.4 is 0 Å². The molecular weight excluding hydrogens is 270 g/mol. The number of amides is 1. The Kier molecular flexibility index (Phi) is 5.99. The van der Waals surface area contributed by atoms with Crippen molar-refractivity contribution in [1.82, 2.24) is 14.7 Å². The first kappa shape index (κ1) is 16.2. The lowest BCUT2D eigenvalue weighted by Crippen LogP contribution is -2.52. The highest BCUT2D eigenvalue weighted by molar-refractivity contribution is 5.78. The van der Waals surface area contributed by atoms with Crippen molar-refractivity contribution >= 4 is 11.9 Å². The quantitative estimate of drug-likeness (QED) is 0.799. The van der Waals surface area contributed by atoms with Crippen LogP contribution in [-0.4, -0.2) is 83.5 Å². The molecule has 2 heterocycles. The van der Waals surface area contributed by atoms with E-state index in [4.69, 9.17) is 5.11 Å². The van der Waals surface area contributed by atoms with Crippen LogP contribution in [-0.2, 0) is 9.59 Å². The summed E-state index contributed by atoms with van der Waals surface area (Å²) < 4.78 is 0. The van der Waals surface area contributed by atoms with Gasteiger partial charge in [-0.1, -0.05) is 0 Å². The maximum absolute atomic E-state index is 12.4. The smallest absolute Gasteiger partial charge is 0.304 e. The highest BCUT2D eigenvalue weighted by atomic mass is 16.4. The van der Waals surface area contributed by atoms with E-state index in [1.54, 1.807) is 0 Å². The number of piperazine rings is 1. The molecule has 0 saturated carbocycles. The van der Waals surface area contributed by atoms with Crippen molar-refractivity contribution < 1.29 is 14.7 Å². The summed E-state index contributed by atoms with van der Waals surface area (Å²) in [6.45, 7) is 7.59. The number of rotatable bonds is 5. The van der Waals surface area contributed by atoms with Gasteiger partial charge in [-0.05, 0) is 26.2 Å². The molecule has 2 saturated heterocycles. The number of carboxylic acid groups (broad SMARTS) is 1. The molecule has 1 unspecified atom stereocenters. The largest absolute Gasteiger partial charge is 0.481 e. The average molecular weight is 297 g/mol. The van der Waals surface area contributed by atoms with Gasteiger partial charge in [0.2, 0.25) is 5.91 Å². The Morgan fingerprint density at radius 1 is 1.05 bits per heavy atom. The van der Waals surface area contributed by atoms with Crippen LogP contribution in [0.1, 0.15) is 32.6 Å². The molecule has 6 heteroatoms. The van der Waals surface area contributed by atoms with E-state index >= 15 is 0 Å². The second-order valence-electron chi connectivity index (χ2n) is 6.19. The predicted molar refractivity (Wildman–Crippen MR) is 80.2 cm³/mol. The zero-order valence-electron chi connectivity index (χ0n) is 13.0. The maximum Gasteiger partial charge on any atom is 0.304 e. The van der Waals surface area contributed by atoms with Crippen molar-refractivity contribution in [2.24, 2.45) is 0 Å². The van der Waals surface area contributed by atoms with E-state index in [0.29, 0.717) is 19.1 Å². The van der Waals surface area contributed by atoms with E-state index in [-0.39, 0.29) is 12.3 Å². The molecule has 0 aromatic heterocycles. The molecule has 1 N–H and O–H groups in total. The third-order valence-corrected chi connectivity index (χ3v) is 4.59. The van der Waals surface area contributed by atoms with Crippen LogP contribution in [0.3, 0.4) is 0 Å². The molecule has 0 bridgehead atoms. The van der Waals surface area contributed by atoms with Gasteiger partial charge in [0, 0.05) is 45.3 Å². The van der Waals surface area contributed by atoms with Crippen molar-refractivity contribution in [3.05, 3.63) is 0 Å². The van der Waals surface area contributed by atoms with Crippen molar-refractivity contribution in [2.45, 2.75) is 38.6 Å². The minimum atomic E-state index is -0.744. The number of hydrogen-bond acceptors (Lipinski definition) is 4. The third-order valence-electron chi connectivity index (χ3n) is 4.59.